The molecule has 5 N–H and O–H groups in total. The maximum absolute atomic E-state index is 11.0. The van der Waals surface area contributed by atoms with Crippen molar-refractivity contribution in [1.82, 2.24) is 9.97 Å². The summed E-state index contributed by atoms with van der Waals surface area (Å²) < 4.78 is 0. The van der Waals surface area contributed by atoms with Gasteiger partial charge in [0, 0.05) is 13.1 Å². The lowest BCUT2D eigenvalue weighted by Gasteiger charge is -2.21. The largest absolute Gasteiger partial charge is 0.373 e. The van der Waals surface area contributed by atoms with E-state index in [0.29, 0.717) is 16.8 Å². The molecule has 1 heterocycles. The van der Waals surface area contributed by atoms with Gasteiger partial charge in [-0.25, -0.2) is 9.97 Å². The minimum atomic E-state index is -0.573. The van der Waals surface area contributed by atoms with Crippen molar-refractivity contribution in [2.75, 3.05) is 36.6 Å². The van der Waals surface area contributed by atoms with Crippen LogP contribution < -0.4 is 21.7 Å². The lowest BCUT2D eigenvalue weighted by atomic mass is 10.4. The van der Waals surface area contributed by atoms with E-state index >= 15 is 0 Å². The number of carbonyl (C=O) groups excluding carboxylic acids is 2. The van der Waals surface area contributed by atoms with E-state index in [2.05, 4.69) is 15.3 Å². The van der Waals surface area contributed by atoms with Crippen molar-refractivity contribution >= 4 is 35.2 Å². The molecule has 0 aliphatic carbocycles. The number of amides is 2. The van der Waals surface area contributed by atoms with Crippen LogP contribution in [0.2, 0.25) is 0 Å². The lowest BCUT2D eigenvalue weighted by Crippen LogP contribution is -2.40. The average Bonchev–Trinajstić information content (AvgIpc) is 2.36. The molecule has 1 rings (SSSR count). The Morgan fingerprint density at radius 1 is 1.32 bits per heavy atom. The highest BCUT2D eigenvalue weighted by atomic mass is 32.2. The topological polar surface area (TPSA) is 127 Å². The average molecular weight is 284 g/mol. The third-order valence-electron chi connectivity index (χ3n) is 2.15. The second-order valence-corrected chi connectivity index (χ2v) is 4.41. The molecule has 2 amide bonds. The van der Waals surface area contributed by atoms with Crippen molar-refractivity contribution < 1.29 is 9.59 Å². The Labute approximate surface area is 114 Å². The molecule has 9 heteroatoms. The monoisotopic (exact) mass is 284 g/mol. The van der Waals surface area contributed by atoms with E-state index in [1.54, 1.807) is 13.1 Å². The highest BCUT2D eigenvalue weighted by molar-refractivity contribution is 7.98. The van der Waals surface area contributed by atoms with E-state index in [1.807, 2.05) is 6.26 Å². The van der Waals surface area contributed by atoms with Gasteiger partial charge >= 0.3 is 0 Å². The standard InChI is InChI=1S/C10H16N6O2S/c1-13-8-3-9(15-10(14-8)19-2)16(4-6(11)17)5-7(12)18/h3H,4-5H2,1-2H3,(H2,11,17)(H2,12,18)(H,13,14,15). The zero-order valence-corrected chi connectivity index (χ0v) is 11.5. The molecular formula is C10H16N6O2S. The van der Waals surface area contributed by atoms with E-state index in [4.69, 9.17) is 11.5 Å². The van der Waals surface area contributed by atoms with Crippen LogP contribution in [-0.2, 0) is 9.59 Å². The van der Waals surface area contributed by atoms with Crippen LogP contribution in [0.3, 0.4) is 0 Å². The Hall–Kier alpha value is -2.03. The number of nitrogens with zero attached hydrogens (tertiary/aromatic N) is 3. The van der Waals surface area contributed by atoms with Gasteiger partial charge < -0.3 is 21.7 Å². The lowest BCUT2D eigenvalue weighted by molar-refractivity contribution is -0.117. The maximum Gasteiger partial charge on any atom is 0.237 e. The van der Waals surface area contributed by atoms with Crippen molar-refractivity contribution in [2.24, 2.45) is 11.5 Å². The van der Waals surface area contributed by atoms with E-state index in [0.717, 1.165) is 0 Å². The predicted molar refractivity (Wildman–Crippen MR) is 74.0 cm³/mol. The quantitative estimate of drug-likeness (QED) is 0.433. The first-order chi connectivity index (χ1) is 8.96. The van der Waals surface area contributed by atoms with Gasteiger partial charge in [0.15, 0.2) is 5.16 Å². The number of primary amides is 2. The maximum atomic E-state index is 11.0. The molecular weight excluding hydrogens is 268 g/mol. The number of rotatable bonds is 7. The van der Waals surface area contributed by atoms with Gasteiger partial charge in [-0.3, -0.25) is 9.59 Å². The summed E-state index contributed by atoms with van der Waals surface area (Å²) in [4.78, 5) is 31.9. The van der Waals surface area contributed by atoms with E-state index < -0.39 is 11.8 Å². The predicted octanol–water partition coefficient (Wildman–Crippen LogP) is -0.983. The van der Waals surface area contributed by atoms with Crippen LogP contribution in [0.5, 0.6) is 0 Å². The van der Waals surface area contributed by atoms with E-state index in [1.165, 1.54) is 16.7 Å². The molecule has 19 heavy (non-hydrogen) atoms. The molecule has 8 nitrogen and oxygen atoms in total. The fourth-order valence-electron chi connectivity index (χ4n) is 1.39. The van der Waals surface area contributed by atoms with Gasteiger partial charge in [0.05, 0.1) is 13.1 Å². The van der Waals surface area contributed by atoms with Crippen molar-refractivity contribution in [3.05, 3.63) is 6.07 Å². The molecule has 1 aromatic rings. The molecule has 0 saturated carbocycles. The van der Waals surface area contributed by atoms with Crippen LogP contribution in [0.1, 0.15) is 0 Å². The molecule has 0 bridgehead atoms. The molecule has 104 valence electrons. The second kappa shape index (κ2) is 6.78. The van der Waals surface area contributed by atoms with Gasteiger partial charge in [-0.1, -0.05) is 11.8 Å². The number of carbonyl (C=O) groups is 2. The summed E-state index contributed by atoms with van der Waals surface area (Å²) in [5, 5.41) is 3.39. The molecule has 0 saturated heterocycles. The number of thioether (sulfide) groups is 1. The van der Waals surface area contributed by atoms with Crippen molar-refractivity contribution in [1.29, 1.82) is 0 Å². The van der Waals surface area contributed by atoms with E-state index in [-0.39, 0.29) is 13.1 Å². The minimum Gasteiger partial charge on any atom is -0.373 e. The summed E-state index contributed by atoms with van der Waals surface area (Å²) in [6.07, 6.45) is 1.82. The minimum absolute atomic E-state index is 0.142. The Balaban J connectivity index is 3.12. The number of hydrogen-bond donors (Lipinski definition) is 3. The summed E-state index contributed by atoms with van der Waals surface area (Å²) in [7, 11) is 1.71. The Morgan fingerprint density at radius 2 is 1.89 bits per heavy atom. The third kappa shape index (κ3) is 4.62. The number of anilines is 2. The summed E-state index contributed by atoms with van der Waals surface area (Å²) in [5.74, 6) is -0.150. The fourth-order valence-corrected chi connectivity index (χ4v) is 1.76. The molecule has 0 spiro atoms. The molecule has 0 atom stereocenters. The van der Waals surface area contributed by atoms with Crippen LogP contribution in [0, 0.1) is 0 Å². The van der Waals surface area contributed by atoms with Crippen molar-refractivity contribution in [2.45, 2.75) is 5.16 Å². The smallest absolute Gasteiger partial charge is 0.237 e. The van der Waals surface area contributed by atoms with Crippen LogP contribution in [0.15, 0.2) is 11.2 Å². The van der Waals surface area contributed by atoms with Gasteiger partial charge in [-0.15, -0.1) is 0 Å². The highest BCUT2D eigenvalue weighted by Crippen LogP contribution is 2.19. The van der Waals surface area contributed by atoms with Crippen LogP contribution >= 0.6 is 11.8 Å². The van der Waals surface area contributed by atoms with Gasteiger partial charge in [-0.2, -0.15) is 0 Å². The van der Waals surface area contributed by atoms with Crippen molar-refractivity contribution in [3.63, 3.8) is 0 Å². The number of nitrogens with two attached hydrogens (primary N) is 2. The second-order valence-electron chi connectivity index (χ2n) is 3.64. The third-order valence-corrected chi connectivity index (χ3v) is 2.70. The first-order valence-electron chi connectivity index (χ1n) is 5.38. The zero-order chi connectivity index (χ0) is 14.4. The zero-order valence-electron chi connectivity index (χ0n) is 10.7. The molecule has 0 radical (unpaired) electrons. The van der Waals surface area contributed by atoms with E-state index in [9.17, 15) is 9.59 Å². The molecule has 0 aliphatic heterocycles. The molecule has 0 fully saturated rings. The summed E-state index contributed by atoms with van der Waals surface area (Å²) >= 11 is 1.35. The molecule has 0 aromatic carbocycles. The highest BCUT2D eigenvalue weighted by Gasteiger charge is 2.15. The van der Waals surface area contributed by atoms with Crippen LogP contribution in [0.25, 0.3) is 0 Å². The number of aromatic nitrogens is 2. The van der Waals surface area contributed by atoms with Crippen LogP contribution in [-0.4, -0.2) is 48.2 Å². The first kappa shape index (κ1) is 15.0. The fraction of sp³-hybridized carbons (Fsp3) is 0.400. The van der Waals surface area contributed by atoms with Gasteiger partial charge in [0.1, 0.15) is 11.6 Å². The SMILES string of the molecule is CNc1cc(N(CC(N)=O)CC(N)=O)nc(SC)n1. The van der Waals surface area contributed by atoms with Gasteiger partial charge in [-0.05, 0) is 6.26 Å². The number of hydrogen-bond acceptors (Lipinski definition) is 7. The first-order valence-corrected chi connectivity index (χ1v) is 6.61. The Bertz CT molecular complexity index is 443. The Morgan fingerprint density at radius 3 is 2.32 bits per heavy atom. The van der Waals surface area contributed by atoms with Crippen molar-refractivity contribution in [3.8, 4) is 0 Å². The number of nitrogens with one attached hydrogen (secondary N) is 1. The van der Waals surface area contributed by atoms with Gasteiger partial charge in [0.2, 0.25) is 11.8 Å². The summed E-state index contributed by atoms with van der Waals surface area (Å²) in [5.41, 5.74) is 10.3. The molecule has 1 aromatic heterocycles. The Kier molecular flexibility index (Phi) is 5.37. The molecule has 0 unspecified atom stereocenters. The summed E-state index contributed by atoms with van der Waals surface area (Å²) in [6, 6.07) is 1.62. The van der Waals surface area contributed by atoms with Gasteiger partial charge in [0.25, 0.3) is 0 Å². The summed E-state index contributed by atoms with van der Waals surface area (Å²) in [6.45, 7) is -0.284. The van der Waals surface area contributed by atoms with Crippen LogP contribution in [0.4, 0.5) is 11.6 Å². The normalized spacial score (nSPS) is 10.0. The molecule has 0 aliphatic rings.